The fourth-order valence-corrected chi connectivity index (χ4v) is 7.72. The highest BCUT2D eigenvalue weighted by Crippen LogP contribution is 2.39. The van der Waals surface area contributed by atoms with E-state index in [1.54, 1.807) is 15.8 Å². The van der Waals surface area contributed by atoms with Crippen molar-refractivity contribution in [1.29, 1.82) is 0 Å². The van der Waals surface area contributed by atoms with Crippen molar-refractivity contribution >= 4 is 65.8 Å². The van der Waals surface area contributed by atoms with Crippen molar-refractivity contribution in [2.75, 3.05) is 0 Å². The van der Waals surface area contributed by atoms with Crippen LogP contribution in [0.15, 0.2) is 59.8 Å². The topological polar surface area (TPSA) is 0 Å². The number of aryl methyl sites for hydroxylation is 2. The number of benzene rings is 3. The zero-order valence-electron chi connectivity index (χ0n) is 23.2. The van der Waals surface area contributed by atoms with Crippen LogP contribution in [0.2, 0.25) is 0 Å². The van der Waals surface area contributed by atoms with Gasteiger partial charge in [-0.25, -0.2) is 0 Å². The van der Waals surface area contributed by atoms with Crippen LogP contribution < -0.4 is 0 Å². The van der Waals surface area contributed by atoms with Gasteiger partial charge in [0.05, 0.1) is 0 Å². The van der Waals surface area contributed by atoms with E-state index in [0.29, 0.717) is 0 Å². The molecule has 0 unspecified atom stereocenters. The summed E-state index contributed by atoms with van der Waals surface area (Å²) in [5.74, 6) is 0. The summed E-state index contributed by atoms with van der Waals surface area (Å²) in [7, 11) is 0. The summed E-state index contributed by atoms with van der Waals surface area (Å²) in [6.45, 7) is 9.83. The SMILES string of the molecule is C=CC.CCCCCCCc1scc2c1ccc1c2ccc2c3csc(CCCCCCC)c3ccc21. The highest BCUT2D eigenvalue weighted by Gasteiger charge is 2.13. The Bertz CT molecular complexity index is 1320. The number of fused-ring (bicyclic) bond motifs is 7. The normalized spacial score (nSPS) is 11.4. The van der Waals surface area contributed by atoms with Crippen LogP contribution in [0.1, 0.15) is 94.7 Å². The maximum absolute atomic E-state index is 3.36. The molecule has 0 N–H and O–H groups in total. The molecule has 5 rings (SSSR count). The average Bonchev–Trinajstić information content (AvgIpc) is 3.53. The maximum atomic E-state index is 3.36. The minimum absolute atomic E-state index is 1.23. The minimum atomic E-state index is 1.23. The van der Waals surface area contributed by atoms with Crippen LogP contribution in [0.25, 0.3) is 43.1 Å². The number of unbranched alkanes of at least 4 members (excludes halogenated alkanes) is 8. The van der Waals surface area contributed by atoms with Gasteiger partial charge in [-0.1, -0.05) is 108 Å². The van der Waals surface area contributed by atoms with E-state index in [4.69, 9.17) is 0 Å². The molecule has 0 aliphatic carbocycles. The number of allylic oxidation sites excluding steroid dienone is 1. The third kappa shape index (κ3) is 6.47. The molecule has 0 amide bonds. The van der Waals surface area contributed by atoms with Gasteiger partial charge in [-0.2, -0.15) is 0 Å². The smallest absolute Gasteiger partial charge is 0.0124 e. The van der Waals surface area contributed by atoms with Crippen molar-refractivity contribution in [1.82, 2.24) is 0 Å². The lowest BCUT2D eigenvalue weighted by atomic mass is 9.95. The third-order valence-corrected chi connectivity index (χ3v) is 9.66. The van der Waals surface area contributed by atoms with Crippen LogP contribution in [0, 0.1) is 0 Å². The summed E-state index contributed by atoms with van der Waals surface area (Å²) >= 11 is 3.93. The molecule has 0 radical (unpaired) electrons. The van der Waals surface area contributed by atoms with E-state index in [1.165, 1.54) is 120 Å². The summed E-state index contributed by atoms with van der Waals surface area (Å²) in [5.41, 5.74) is 0. The molecular formula is C35H44S2. The average molecular weight is 529 g/mol. The zero-order valence-corrected chi connectivity index (χ0v) is 24.8. The molecule has 0 aliphatic heterocycles. The molecule has 0 saturated heterocycles. The molecule has 0 fully saturated rings. The molecule has 37 heavy (non-hydrogen) atoms. The van der Waals surface area contributed by atoms with E-state index in [-0.39, 0.29) is 0 Å². The summed E-state index contributed by atoms with van der Waals surface area (Å²) in [5, 5.41) is 16.3. The molecule has 0 saturated carbocycles. The molecule has 0 spiro atoms. The lowest BCUT2D eigenvalue weighted by Gasteiger charge is -2.08. The summed E-state index contributed by atoms with van der Waals surface area (Å²) in [6, 6.07) is 14.3. The van der Waals surface area contributed by atoms with Gasteiger partial charge in [-0.15, -0.1) is 29.3 Å². The molecule has 3 aromatic carbocycles. The van der Waals surface area contributed by atoms with E-state index in [1.807, 2.05) is 29.6 Å². The van der Waals surface area contributed by atoms with Crippen molar-refractivity contribution in [2.24, 2.45) is 0 Å². The van der Waals surface area contributed by atoms with Gasteiger partial charge in [0, 0.05) is 20.5 Å². The molecule has 5 aromatic rings. The Kier molecular flexibility index (Phi) is 10.6. The predicted molar refractivity (Wildman–Crippen MR) is 173 cm³/mol. The van der Waals surface area contributed by atoms with Gasteiger partial charge in [0.15, 0.2) is 0 Å². The molecule has 0 nitrogen and oxygen atoms in total. The fourth-order valence-electron chi connectivity index (χ4n) is 5.56. The van der Waals surface area contributed by atoms with Gasteiger partial charge >= 0.3 is 0 Å². The van der Waals surface area contributed by atoms with E-state index < -0.39 is 0 Å². The monoisotopic (exact) mass is 528 g/mol. The Labute approximate surface area is 232 Å². The fraction of sp³-hybridized carbons (Fsp3) is 0.429. The van der Waals surface area contributed by atoms with E-state index >= 15 is 0 Å². The van der Waals surface area contributed by atoms with Crippen LogP contribution in [0.4, 0.5) is 0 Å². The van der Waals surface area contributed by atoms with Gasteiger partial charge in [0.2, 0.25) is 0 Å². The van der Waals surface area contributed by atoms with Crippen LogP contribution in [-0.4, -0.2) is 0 Å². The quantitative estimate of drug-likeness (QED) is 0.0858. The highest BCUT2D eigenvalue weighted by atomic mass is 32.1. The Morgan fingerprint density at radius 1 is 0.514 bits per heavy atom. The van der Waals surface area contributed by atoms with E-state index in [2.05, 4.69) is 67.6 Å². The Hall–Kier alpha value is -2.16. The standard InChI is InChI=1S/C32H38S2.C3H6/c1-3-5-7-9-11-13-31-27-19-17-23-24-18-20-28-30(22-34-32(28)14-12-10-8-6-4-2)26(24)16-15-25(23)29(27)21-33-31;1-3-2/h15-22H,3-14H2,1-2H3;3H,1H2,2H3. The van der Waals surface area contributed by atoms with Crippen LogP contribution in [0.3, 0.4) is 0 Å². The Morgan fingerprint density at radius 2 is 0.838 bits per heavy atom. The molecule has 2 heterocycles. The largest absolute Gasteiger partial charge is 0.148 e. The molecular weight excluding hydrogens is 485 g/mol. The second kappa shape index (κ2) is 14.1. The first kappa shape index (κ1) is 27.9. The van der Waals surface area contributed by atoms with Gasteiger partial charge < -0.3 is 0 Å². The molecule has 2 aromatic heterocycles. The van der Waals surface area contributed by atoms with Gasteiger partial charge in [0.25, 0.3) is 0 Å². The van der Waals surface area contributed by atoms with Crippen molar-refractivity contribution in [3.63, 3.8) is 0 Å². The molecule has 196 valence electrons. The first-order chi connectivity index (χ1) is 18.2. The second-order valence-electron chi connectivity index (χ2n) is 10.4. The predicted octanol–water partition coefficient (Wildman–Crippen LogP) is 12.6. The number of thiophene rings is 2. The third-order valence-electron chi connectivity index (χ3n) is 7.53. The maximum Gasteiger partial charge on any atom is 0.0124 e. The lowest BCUT2D eigenvalue weighted by molar-refractivity contribution is 0.635. The van der Waals surface area contributed by atoms with Gasteiger partial charge in [0.1, 0.15) is 0 Å². The minimum Gasteiger partial charge on any atom is -0.148 e. The van der Waals surface area contributed by atoms with E-state index in [0.717, 1.165) is 0 Å². The lowest BCUT2D eigenvalue weighted by Crippen LogP contribution is -1.85. The molecule has 0 bridgehead atoms. The van der Waals surface area contributed by atoms with E-state index in [9.17, 15) is 0 Å². The van der Waals surface area contributed by atoms with Crippen molar-refractivity contribution in [2.45, 2.75) is 97.8 Å². The molecule has 2 heteroatoms. The summed E-state index contributed by atoms with van der Waals surface area (Å²) in [6.07, 6.45) is 17.7. The van der Waals surface area contributed by atoms with Crippen molar-refractivity contribution < 1.29 is 0 Å². The second-order valence-corrected chi connectivity index (χ2v) is 12.3. The number of hydrogen-bond acceptors (Lipinski definition) is 2. The van der Waals surface area contributed by atoms with Crippen LogP contribution in [0.5, 0.6) is 0 Å². The summed E-state index contributed by atoms with van der Waals surface area (Å²) in [4.78, 5) is 3.15. The molecule has 0 atom stereocenters. The molecule has 0 aliphatic rings. The van der Waals surface area contributed by atoms with Crippen LogP contribution >= 0.6 is 22.7 Å². The zero-order chi connectivity index (χ0) is 26.0. The Morgan fingerprint density at radius 3 is 1.22 bits per heavy atom. The van der Waals surface area contributed by atoms with Crippen molar-refractivity contribution in [3.8, 4) is 0 Å². The number of rotatable bonds is 12. The number of hydrogen-bond donors (Lipinski definition) is 0. The first-order valence-electron chi connectivity index (χ1n) is 14.5. The van der Waals surface area contributed by atoms with Crippen LogP contribution in [-0.2, 0) is 12.8 Å². The highest BCUT2D eigenvalue weighted by molar-refractivity contribution is 7.12. The first-order valence-corrected chi connectivity index (χ1v) is 16.3. The van der Waals surface area contributed by atoms with Crippen molar-refractivity contribution in [3.05, 3.63) is 69.6 Å². The Balaban J connectivity index is 0.00000102. The van der Waals surface area contributed by atoms with Gasteiger partial charge in [-0.05, 0) is 75.7 Å². The van der Waals surface area contributed by atoms with Gasteiger partial charge in [-0.3, -0.25) is 0 Å². The summed E-state index contributed by atoms with van der Waals surface area (Å²) < 4.78 is 0.